The van der Waals surface area contributed by atoms with Crippen LogP contribution in [0, 0.1) is 0 Å². The van der Waals surface area contributed by atoms with Crippen molar-refractivity contribution in [1.82, 2.24) is 0 Å². The molecule has 1 N–H and O–H groups in total. The van der Waals surface area contributed by atoms with Crippen molar-refractivity contribution in [2.75, 3.05) is 22.8 Å². The number of carbonyl (C=O) groups excluding carboxylic acids is 2. The van der Waals surface area contributed by atoms with Crippen molar-refractivity contribution >= 4 is 56.5 Å². The van der Waals surface area contributed by atoms with Crippen molar-refractivity contribution < 1.29 is 22.7 Å². The number of amides is 1. The van der Waals surface area contributed by atoms with Gasteiger partial charge in [0.15, 0.2) is 0 Å². The second-order valence-electron chi connectivity index (χ2n) is 6.73. The summed E-state index contributed by atoms with van der Waals surface area (Å²) in [5.74, 6) is -1.29. The Morgan fingerprint density at radius 1 is 0.970 bits per heavy atom. The molecule has 0 bridgehead atoms. The lowest BCUT2D eigenvalue weighted by Crippen LogP contribution is -2.38. The molecular weight excluding hydrogens is 487 g/mol. The van der Waals surface area contributed by atoms with E-state index in [0.717, 1.165) is 4.31 Å². The average molecular weight is 507 g/mol. The van der Waals surface area contributed by atoms with Crippen LogP contribution in [0.1, 0.15) is 17.3 Å². The van der Waals surface area contributed by atoms with Crippen LogP contribution in [0.3, 0.4) is 0 Å². The van der Waals surface area contributed by atoms with E-state index >= 15 is 0 Å². The molecule has 0 radical (unpaired) electrons. The highest BCUT2D eigenvalue weighted by Crippen LogP contribution is 2.32. The Kier molecular flexibility index (Phi) is 7.97. The predicted molar refractivity (Wildman–Crippen MR) is 128 cm³/mol. The van der Waals surface area contributed by atoms with Crippen LogP contribution >= 0.6 is 23.2 Å². The first-order valence-electron chi connectivity index (χ1n) is 9.83. The van der Waals surface area contributed by atoms with Gasteiger partial charge in [0.25, 0.3) is 10.0 Å². The Labute approximate surface area is 201 Å². The molecule has 0 fully saturated rings. The zero-order chi connectivity index (χ0) is 24.0. The van der Waals surface area contributed by atoms with Crippen LogP contribution in [0.25, 0.3) is 0 Å². The van der Waals surface area contributed by atoms with Gasteiger partial charge >= 0.3 is 5.97 Å². The molecule has 0 aliphatic rings. The highest BCUT2D eigenvalue weighted by molar-refractivity contribution is 7.92. The molecule has 0 spiro atoms. The largest absolute Gasteiger partial charge is 0.462 e. The van der Waals surface area contributed by atoms with Gasteiger partial charge in [-0.2, -0.15) is 0 Å². The Bertz CT molecular complexity index is 1270. The summed E-state index contributed by atoms with van der Waals surface area (Å²) < 4.78 is 32.7. The number of halogens is 2. The van der Waals surface area contributed by atoms with Gasteiger partial charge in [-0.1, -0.05) is 53.5 Å². The maximum Gasteiger partial charge on any atom is 0.340 e. The number of anilines is 2. The third-order valence-corrected chi connectivity index (χ3v) is 6.81. The monoisotopic (exact) mass is 506 g/mol. The van der Waals surface area contributed by atoms with E-state index in [9.17, 15) is 18.0 Å². The molecule has 172 valence electrons. The van der Waals surface area contributed by atoms with Gasteiger partial charge in [0.2, 0.25) is 5.91 Å². The van der Waals surface area contributed by atoms with Gasteiger partial charge in [0.05, 0.1) is 33.5 Å². The zero-order valence-corrected chi connectivity index (χ0v) is 19.8. The zero-order valence-electron chi connectivity index (χ0n) is 17.5. The third-order valence-electron chi connectivity index (χ3n) is 4.49. The van der Waals surface area contributed by atoms with E-state index in [2.05, 4.69) is 5.32 Å². The molecule has 0 aliphatic carbocycles. The minimum absolute atomic E-state index is 0.0178. The summed E-state index contributed by atoms with van der Waals surface area (Å²) in [6.07, 6.45) is 0. The molecule has 7 nitrogen and oxygen atoms in total. The first-order chi connectivity index (χ1) is 15.7. The lowest BCUT2D eigenvalue weighted by molar-refractivity contribution is -0.114. The number of sulfonamides is 1. The summed E-state index contributed by atoms with van der Waals surface area (Å²) in [4.78, 5) is 25.1. The molecule has 1 amide bonds. The number of nitrogens with zero attached hydrogens (tertiary/aromatic N) is 1. The molecule has 0 aliphatic heterocycles. The number of rotatable bonds is 8. The minimum atomic E-state index is -4.16. The lowest BCUT2D eigenvalue weighted by Gasteiger charge is -2.25. The Morgan fingerprint density at radius 2 is 1.64 bits per heavy atom. The molecule has 0 saturated heterocycles. The van der Waals surface area contributed by atoms with Gasteiger partial charge in [-0.15, -0.1) is 0 Å². The van der Waals surface area contributed by atoms with Gasteiger partial charge < -0.3 is 10.1 Å². The van der Waals surface area contributed by atoms with Crippen LogP contribution < -0.4 is 9.62 Å². The number of carbonyl (C=O) groups is 2. The first kappa shape index (κ1) is 24.6. The van der Waals surface area contributed by atoms with E-state index in [1.807, 2.05) is 0 Å². The summed E-state index contributed by atoms with van der Waals surface area (Å²) >= 11 is 12.2. The summed E-state index contributed by atoms with van der Waals surface area (Å²) in [6.45, 7) is 1.23. The third kappa shape index (κ3) is 5.84. The molecule has 3 aromatic carbocycles. The van der Waals surface area contributed by atoms with Crippen LogP contribution in [0.5, 0.6) is 0 Å². The molecule has 0 aromatic heterocycles. The number of nitrogens with one attached hydrogen (secondary N) is 1. The summed E-state index contributed by atoms with van der Waals surface area (Å²) in [7, 11) is -4.16. The Hall–Kier alpha value is -3.07. The van der Waals surface area contributed by atoms with Crippen LogP contribution in [0.2, 0.25) is 10.0 Å². The van der Waals surface area contributed by atoms with E-state index in [1.54, 1.807) is 37.3 Å². The van der Waals surface area contributed by atoms with Gasteiger partial charge in [-0.25, -0.2) is 13.2 Å². The second-order valence-corrected chi connectivity index (χ2v) is 9.44. The van der Waals surface area contributed by atoms with Gasteiger partial charge in [-0.3, -0.25) is 9.10 Å². The molecule has 10 heteroatoms. The average Bonchev–Trinajstić information content (AvgIpc) is 2.79. The van der Waals surface area contributed by atoms with Crippen molar-refractivity contribution in [3.05, 3.63) is 88.4 Å². The number of benzene rings is 3. The molecule has 3 rings (SSSR count). The number of para-hydroxylation sites is 1. The number of ether oxygens (including phenoxy) is 1. The van der Waals surface area contributed by atoms with Gasteiger partial charge in [0, 0.05) is 5.02 Å². The molecule has 0 unspecified atom stereocenters. The van der Waals surface area contributed by atoms with Gasteiger partial charge in [0.1, 0.15) is 6.54 Å². The molecule has 0 saturated carbocycles. The summed E-state index contributed by atoms with van der Waals surface area (Å²) in [6, 6.07) is 18.2. The maximum absolute atomic E-state index is 13.4. The highest BCUT2D eigenvalue weighted by Gasteiger charge is 2.29. The van der Waals surface area contributed by atoms with E-state index in [-0.39, 0.29) is 33.5 Å². The van der Waals surface area contributed by atoms with Crippen molar-refractivity contribution in [3.63, 3.8) is 0 Å². The maximum atomic E-state index is 13.4. The van der Waals surface area contributed by atoms with Crippen molar-refractivity contribution in [2.24, 2.45) is 0 Å². The minimum Gasteiger partial charge on any atom is -0.462 e. The predicted octanol–water partition coefficient (Wildman–Crippen LogP) is 5.00. The first-order valence-corrected chi connectivity index (χ1v) is 12.0. The molecule has 0 heterocycles. The van der Waals surface area contributed by atoms with E-state index in [1.165, 1.54) is 42.5 Å². The van der Waals surface area contributed by atoms with Crippen LogP contribution in [-0.4, -0.2) is 33.4 Å². The SMILES string of the molecule is CCOC(=O)c1ccccc1NC(=O)CN(c1ccc(Cl)cc1Cl)S(=O)(=O)c1ccccc1. The van der Waals surface area contributed by atoms with Crippen molar-refractivity contribution in [1.29, 1.82) is 0 Å². The standard InChI is InChI=1S/C23H20Cl2N2O5S/c1-2-32-23(29)18-10-6-7-11-20(18)26-22(28)15-27(21-13-12-16(24)14-19(21)25)33(30,31)17-8-4-3-5-9-17/h3-14H,2,15H2,1H3,(H,26,28). The van der Waals surface area contributed by atoms with Crippen molar-refractivity contribution in [3.8, 4) is 0 Å². The molecule has 33 heavy (non-hydrogen) atoms. The van der Waals surface area contributed by atoms with E-state index in [0.29, 0.717) is 5.02 Å². The fourth-order valence-electron chi connectivity index (χ4n) is 3.00. The van der Waals surface area contributed by atoms with E-state index in [4.69, 9.17) is 27.9 Å². The molecule has 0 atom stereocenters. The number of hydrogen-bond acceptors (Lipinski definition) is 5. The lowest BCUT2D eigenvalue weighted by atomic mass is 10.2. The summed E-state index contributed by atoms with van der Waals surface area (Å²) in [5, 5.41) is 2.96. The number of hydrogen-bond donors (Lipinski definition) is 1. The Balaban J connectivity index is 1.97. The fraction of sp³-hybridized carbons (Fsp3) is 0.130. The quantitative estimate of drug-likeness (QED) is 0.433. The van der Waals surface area contributed by atoms with Crippen LogP contribution in [0.15, 0.2) is 77.7 Å². The summed E-state index contributed by atoms with van der Waals surface area (Å²) in [5.41, 5.74) is 0.425. The van der Waals surface area contributed by atoms with E-state index < -0.39 is 28.4 Å². The molecule has 3 aromatic rings. The van der Waals surface area contributed by atoms with Gasteiger partial charge in [-0.05, 0) is 49.4 Å². The number of esters is 1. The second kappa shape index (κ2) is 10.7. The smallest absolute Gasteiger partial charge is 0.340 e. The topological polar surface area (TPSA) is 92.8 Å². The van der Waals surface area contributed by atoms with Crippen LogP contribution in [0.4, 0.5) is 11.4 Å². The fourth-order valence-corrected chi connectivity index (χ4v) is 5.02. The Morgan fingerprint density at radius 3 is 2.30 bits per heavy atom. The highest BCUT2D eigenvalue weighted by atomic mass is 35.5. The normalized spacial score (nSPS) is 11.0. The van der Waals surface area contributed by atoms with Crippen LogP contribution in [-0.2, 0) is 19.6 Å². The van der Waals surface area contributed by atoms with Crippen molar-refractivity contribution in [2.45, 2.75) is 11.8 Å². The molecular formula is C23H20Cl2N2O5S.